The van der Waals surface area contributed by atoms with Crippen LogP contribution in [0.2, 0.25) is 5.02 Å². The van der Waals surface area contributed by atoms with Crippen molar-refractivity contribution in [3.8, 4) is 11.8 Å². The molecule has 5 heteroatoms. The van der Waals surface area contributed by atoms with Crippen LogP contribution in [0.1, 0.15) is 37.5 Å². The third kappa shape index (κ3) is 3.94. The van der Waals surface area contributed by atoms with Gasteiger partial charge >= 0.3 is 6.03 Å². The van der Waals surface area contributed by atoms with Crippen LogP contribution in [0, 0.1) is 11.8 Å². The average Bonchev–Trinajstić information content (AvgIpc) is 2.77. The van der Waals surface area contributed by atoms with Gasteiger partial charge in [-0.2, -0.15) is 0 Å². The van der Waals surface area contributed by atoms with Gasteiger partial charge in [0.05, 0.1) is 11.6 Å². The number of benzene rings is 1. The van der Waals surface area contributed by atoms with Gasteiger partial charge in [0.25, 0.3) is 0 Å². The summed E-state index contributed by atoms with van der Waals surface area (Å²) in [6.07, 6.45) is 1.95. The van der Waals surface area contributed by atoms with E-state index in [-0.39, 0.29) is 11.6 Å². The van der Waals surface area contributed by atoms with Crippen LogP contribution in [0.4, 0.5) is 4.79 Å². The molecule has 0 aromatic heterocycles. The summed E-state index contributed by atoms with van der Waals surface area (Å²) in [5, 5.41) is 4.12. The van der Waals surface area contributed by atoms with Crippen LogP contribution in [0.3, 0.4) is 0 Å². The summed E-state index contributed by atoms with van der Waals surface area (Å²) in [6, 6.07) is 4.13. The molecule has 0 atom stereocenters. The topological polar surface area (TPSA) is 35.6 Å². The number of hydrogen-bond donors (Lipinski definition) is 1. The zero-order valence-corrected chi connectivity index (χ0v) is 16.0. The first kappa shape index (κ1) is 18.1. The standard InChI is InChI=1S/C20H26ClN3O/c1-20(2,3)24-14-13-23(19(24)25)12-4-5-17-16-9-11-22-10-8-15(16)6-7-18(17)21/h6-7,22H,8-14H2,1-3H3. The minimum absolute atomic E-state index is 0.0731. The van der Waals surface area contributed by atoms with E-state index in [1.165, 1.54) is 11.1 Å². The van der Waals surface area contributed by atoms with Gasteiger partial charge in [-0.1, -0.05) is 29.5 Å². The first-order valence-electron chi connectivity index (χ1n) is 8.94. The van der Waals surface area contributed by atoms with Gasteiger partial charge in [-0.25, -0.2) is 4.79 Å². The highest BCUT2D eigenvalue weighted by atomic mass is 35.5. The number of halogens is 1. The van der Waals surface area contributed by atoms with E-state index in [0.29, 0.717) is 11.6 Å². The Morgan fingerprint density at radius 2 is 1.96 bits per heavy atom. The van der Waals surface area contributed by atoms with E-state index in [2.05, 4.69) is 44.0 Å². The largest absolute Gasteiger partial charge is 0.321 e. The molecule has 0 bridgehead atoms. The molecule has 1 fully saturated rings. The third-order valence-electron chi connectivity index (χ3n) is 4.87. The van der Waals surface area contributed by atoms with Crippen molar-refractivity contribution in [2.75, 3.05) is 32.7 Å². The Morgan fingerprint density at radius 3 is 2.68 bits per heavy atom. The highest BCUT2D eigenvalue weighted by Gasteiger charge is 2.35. The summed E-state index contributed by atoms with van der Waals surface area (Å²) in [5.41, 5.74) is 3.37. The Balaban J connectivity index is 1.76. The molecule has 1 aromatic carbocycles. The molecule has 2 amide bonds. The fourth-order valence-corrected chi connectivity index (χ4v) is 3.68. The number of amides is 2. The first-order chi connectivity index (χ1) is 11.9. The van der Waals surface area contributed by atoms with Crippen molar-refractivity contribution >= 4 is 17.6 Å². The van der Waals surface area contributed by atoms with Gasteiger partial charge in [0.15, 0.2) is 0 Å². The molecule has 2 aliphatic rings. The second-order valence-electron chi connectivity index (χ2n) is 7.64. The first-order valence-corrected chi connectivity index (χ1v) is 9.32. The lowest BCUT2D eigenvalue weighted by atomic mass is 9.97. The minimum Gasteiger partial charge on any atom is -0.318 e. The van der Waals surface area contributed by atoms with E-state index >= 15 is 0 Å². The predicted molar refractivity (Wildman–Crippen MR) is 102 cm³/mol. The summed E-state index contributed by atoms with van der Waals surface area (Å²) < 4.78 is 0. The van der Waals surface area contributed by atoms with Gasteiger partial charge in [-0.15, -0.1) is 0 Å². The lowest BCUT2D eigenvalue weighted by Gasteiger charge is -2.31. The van der Waals surface area contributed by atoms with Crippen LogP contribution in [0.5, 0.6) is 0 Å². The molecule has 0 unspecified atom stereocenters. The molecule has 134 valence electrons. The lowest BCUT2D eigenvalue weighted by Crippen LogP contribution is -2.44. The highest BCUT2D eigenvalue weighted by Crippen LogP contribution is 2.25. The van der Waals surface area contributed by atoms with Gasteiger partial charge in [0, 0.05) is 24.2 Å². The molecule has 4 nitrogen and oxygen atoms in total. The Hall–Kier alpha value is -1.70. The maximum absolute atomic E-state index is 12.5. The number of urea groups is 1. The zero-order valence-electron chi connectivity index (χ0n) is 15.3. The smallest absolute Gasteiger partial charge is 0.318 e. The molecular weight excluding hydrogens is 334 g/mol. The van der Waals surface area contributed by atoms with E-state index in [1.54, 1.807) is 0 Å². The van der Waals surface area contributed by atoms with E-state index in [9.17, 15) is 4.79 Å². The number of carbonyl (C=O) groups is 1. The van der Waals surface area contributed by atoms with Crippen molar-refractivity contribution < 1.29 is 4.79 Å². The summed E-state index contributed by atoms with van der Waals surface area (Å²) in [7, 11) is 0. The van der Waals surface area contributed by atoms with E-state index in [4.69, 9.17) is 11.6 Å². The molecule has 1 saturated heterocycles. The molecule has 25 heavy (non-hydrogen) atoms. The van der Waals surface area contributed by atoms with E-state index < -0.39 is 0 Å². The maximum Gasteiger partial charge on any atom is 0.321 e. The molecule has 0 spiro atoms. The Morgan fingerprint density at radius 1 is 1.20 bits per heavy atom. The number of fused-ring (bicyclic) bond motifs is 1. The summed E-state index contributed by atoms with van der Waals surface area (Å²) in [5.74, 6) is 6.43. The fraction of sp³-hybridized carbons (Fsp3) is 0.550. The summed E-state index contributed by atoms with van der Waals surface area (Å²) >= 11 is 6.41. The van der Waals surface area contributed by atoms with Crippen LogP contribution in [-0.2, 0) is 12.8 Å². The summed E-state index contributed by atoms with van der Waals surface area (Å²) in [4.78, 5) is 16.2. The predicted octanol–water partition coefficient (Wildman–Crippen LogP) is 2.92. The van der Waals surface area contributed by atoms with Crippen LogP contribution in [0.25, 0.3) is 0 Å². The number of carbonyl (C=O) groups excluding carboxylic acids is 1. The van der Waals surface area contributed by atoms with Crippen molar-refractivity contribution in [1.82, 2.24) is 15.1 Å². The molecule has 2 aliphatic heterocycles. The van der Waals surface area contributed by atoms with Gasteiger partial charge in [-0.05, 0) is 63.9 Å². The van der Waals surface area contributed by atoms with E-state index in [1.807, 2.05) is 15.9 Å². The third-order valence-corrected chi connectivity index (χ3v) is 5.18. The van der Waals surface area contributed by atoms with Gasteiger partial charge in [-0.3, -0.25) is 0 Å². The van der Waals surface area contributed by atoms with Crippen molar-refractivity contribution in [2.24, 2.45) is 0 Å². The van der Waals surface area contributed by atoms with Crippen LogP contribution in [0.15, 0.2) is 12.1 Å². The number of hydrogen-bond acceptors (Lipinski definition) is 2. The molecule has 0 saturated carbocycles. The van der Waals surface area contributed by atoms with Gasteiger partial charge in [0.2, 0.25) is 0 Å². The molecule has 0 radical (unpaired) electrons. The second-order valence-corrected chi connectivity index (χ2v) is 8.05. The van der Waals surface area contributed by atoms with Crippen molar-refractivity contribution in [3.05, 3.63) is 33.8 Å². The minimum atomic E-state index is -0.147. The number of nitrogens with zero attached hydrogens (tertiary/aromatic N) is 2. The lowest BCUT2D eigenvalue weighted by molar-refractivity contribution is 0.158. The highest BCUT2D eigenvalue weighted by molar-refractivity contribution is 6.31. The van der Waals surface area contributed by atoms with Crippen LogP contribution in [-0.4, -0.2) is 54.1 Å². The van der Waals surface area contributed by atoms with Crippen molar-refractivity contribution in [3.63, 3.8) is 0 Å². The number of rotatable bonds is 1. The maximum atomic E-state index is 12.5. The second kappa shape index (κ2) is 7.27. The zero-order chi connectivity index (χ0) is 18.0. The van der Waals surface area contributed by atoms with Crippen LogP contribution >= 0.6 is 11.6 Å². The fourth-order valence-electron chi connectivity index (χ4n) is 3.45. The Labute approximate surface area is 155 Å². The quantitative estimate of drug-likeness (QED) is 0.782. The van der Waals surface area contributed by atoms with Crippen LogP contribution < -0.4 is 5.32 Å². The van der Waals surface area contributed by atoms with Crippen molar-refractivity contribution in [1.29, 1.82) is 0 Å². The van der Waals surface area contributed by atoms with Crippen molar-refractivity contribution in [2.45, 2.75) is 39.2 Å². The monoisotopic (exact) mass is 359 g/mol. The summed E-state index contributed by atoms with van der Waals surface area (Å²) in [6.45, 7) is 10.1. The Bertz CT molecular complexity index is 727. The molecule has 0 aliphatic carbocycles. The molecular formula is C20H26ClN3O. The molecule has 3 rings (SSSR count). The number of nitrogens with one attached hydrogen (secondary N) is 1. The van der Waals surface area contributed by atoms with Gasteiger partial charge < -0.3 is 15.1 Å². The van der Waals surface area contributed by atoms with E-state index in [0.717, 1.165) is 44.6 Å². The average molecular weight is 360 g/mol. The van der Waals surface area contributed by atoms with Gasteiger partial charge in [0.1, 0.15) is 0 Å². The Kier molecular flexibility index (Phi) is 5.27. The molecule has 1 aromatic rings. The SMILES string of the molecule is CC(C)(C)N1CCN(CC#Cc2c(Cl)ccc3c2CCNCC3)C1=O. The molecule has 1 N–H and O–H groups in total. The molecule has 2 heterocycles. The normalized spacial score (nSPS) is 17.8.